The molecule has 3 rings (SSSR count). The largest absolute Gasteiger partial charge is 0.311 e. The maximum atomic E-state index is 11.9. The van der Waals surface area contributed by atoms with Crippen molar-refractivity contribution in [3.8, 4) is 11.1 Å². The highest BCUT2D eigenvalue weighted by molar-refractivity contribution is 7.09. The van der Waals surface area contributed by atoms with Crippen molar-refractivity contribution in [1.82, 2.24) is 4.98 Å². The Morgan fingerprint density at radius 1 is 1.00 bits per heavy atom. The van der Waals surface area contributed by atoms with Crippen molar-refractivity contribution < 1.29 is 4.79 Å². The van der Waals surface area contributed by atoms with Crippen molar-refractivity contribution in [1.29, 1.82) is 0 Å². The standard InChI is InChI=1S/C18H16N2OS/c21-18(11-9-16-7-4-12-22-16)20-17-10-8-15(13-19-17)14-5-2-1-3-6-14/h1-8,10,12-13H,9,11H2,(H,19,20,21). The van der Waals surface area contributed by atoms with Crippen molar-refractivity contribution >= 4 is 23.1 Å². The molecule has 0 aliphatic heterocycles. The zero-order valence-corrected chi connectivity index (χ0v) is 12.8. The fourth-order valence-electron chi connectivity index (χ4n) is 2.17. The molecule has 0 atom stereocenters. The number of amides is 1. The number of carbonyl (C=O) groups is 1. The topological polar surface area (TPSA) is 42.0 Å². The molecule has 0 unspecified atom stereocenters. The molecule has 1 aromatic carbocycles. The second-order valence-electron chi connectivity index (χ2n) is 4.93. The van der Waals surface area contributed by atoms with Gasteiger partial charge in [-0.2, -0.15) is 0 Å². The minimum Gasteiger partial charge on any atom is -0.311 e. The molecule has 0 fully saturated rings. The third-order valence-corrected chi connectivity index (χ3v) is 4.25. The van der Waals surface area contributed by atoms with E-state index in [4.69, 9.17) is 0 Å². The van der Waals surface area contributed by atoms with Gasteiger partial charge in [0, 0.05) is 23.1 Å². The lowest BCUT2D eigenvalue weighted by Gasteiger charge is -2.05. The molecule has 3 nitrogen and oxygen atoms in total. The van der Waals surface area contributed by atoms with Crippen LogP contribution in [-0.4, -0.2) is 10.9 Å². The van der Waals surface area contributed by atoms with Crippen LogP contribution in [0.4, 0.5) is 5.82 Å². The molecular weight excluding hydrogens is 292 g/mol. The second-order valence-corrected chi connectivity index (χ2v) is 5.96. The van der Waals surface area contributed by atoms with E-state index in [1.807, 2.05) is 60.0 Å². The molecule has 0 radical (unpaired) electrons. The molecule has 1 amide bonds. The number of thiophene rings is 1. The highest BCUT2D eigenvalue weighted by Crippen LogP contribution is 2.19. The lowest BCUT2D eigenvalue weighted by Crippen LogP contribution is -2.13. The molecule has 0 bridgehead atoms. The van der Waals surface area contributed by atoms with Crippen LogP contribution < -0.4 is 5.32 Å². The van der Waals surface area contributed by atoms with Crippen LogP contribution >= 0.6 is 11.3 Å². The zero-order chi connectivity index (χ0) is 15.2. The van der Waals surface area contributed by atoms with Crippen LogP contribution in [0.25, 0.3) is 11.1 Å². The summed E-state index contributed by atoms with van der Waals surface area (Å²) in [6.07, 6.45) is 3.03. The molecule has 2 heterocycles. The van der Waals surface area contributed by atoms with Crippen molar-refractivity contribution in [2.45, 2.75) is 12.8 Å². The Balaban J connectivity index is 1.58. The van der Waals surface area contributed by atoms with E-state index in [1.165, 1.54) is 4.88 Å². The van der Waals surface area contributed by atoms with E-state index in [0.29, 0.717) is 12.2 Å². The summed E-state index contributed by atoms with van der Waals surface area (Å²) in [5.41, 5.74) is 2.16. The maximum absolute atomic E-state index is 11.9. The first-order valence-electron chi connectivity index (χ1n) is 7.15. The van der Waals surface area contributed by atoms with Gasteiger partial charge in [0.2, 0.25) is 5.91 Å². The van der Waals surface area contributed by atoms with E-state index in [1.54, 1.807) is 17.5 Å². The van der Waals surface area contributed by atoms with Gasteiger partial charge in [-0.3, -0.25) is 4.79 Å². The van der Waals surface area contributed by atoms with Crippen molar-refractivity contribution in [3.05, 3.63) is 71.1 Å². The van der Waals surface area contributed by atoms with Crippen LogP contribution in [0.15, 0.2) is 66.2 Å². The van der Waals surface area contributed by atoms with E-state index in [2.05, 4.69) is 10.3 Å². The van der Waals surface area contributed by atoms with Crippen molar-refractivity contribution in [2.75, 3.05) is 5.32 Å². The summed E-state index contributed by atoms with van der Waals surface area (Å²) in [7, 11) is 0. The molecule has 110 valence electrons. The second kappa shape index (κ2) is 7.00. The number of hydrogen-bond acceptors (Lipinski definition) is 3. The van der Waals surface area contributed by atoms with Crippen molar-refractivity contribution in [3.63, 3.8) is 0 Å². The van der Waals surface area contributed by atoms with Gasteiger partial charge in [0.1, 0.15) is 5.82 Å². The van der Waals surface area contributed by atoms with Gasteiger partial charge < -0.3 is 5.32 Å². The Labute approximate surface area is 133 Å². The molecule has 2 aromatic heterocycles. The number of carbonyl (C=O) groups excluding carboxylic acids is 1. The number of aromatic nitrogens is 1. The van der Waals surface area contributed by atoms with Gasteiger partial charge in [-0.05, 0) is 35.6 Å². The molecule has 1 N–H and O–H groups in total. The molecule has 0 aliphatic rings. The summed E-state index contributed by atoms with van der Waals surface area (Å²) in [6.45, 7) is 0. The molecule has 3 aromatic rings. The summed E-state index contributed by atoms with van der Waals surface area (Å²) < 4.78 is 0. The Morgan fingerprint density at radius 2 is 1.86 bits per heavy atom. The lowest BCUT2D eigenvalue weighted by molar-refractivity contribution is -0.116. The summed E-state index contributed by atoms with van der Waals surface area (Å²) in [4.78, 5) is 17.5. The number of nitrogens with one attached hydrogen (secondary N) is 1. The lowest BCUT2D eigenvalue weighted by atomic mass is 10.1. The normalized spacial score (nSPS) is 10.4. The predicted octanol–water partition coefficient (Wildman–Crippen LogP) is 4.38. The van der Waals surface area contributed by atoms with Gasteiger partial charge in [0.25, 0.3) is 0 Å². The van der Waals surface area contributed by atoms with Gasteiger partial charge in [0.05, 0.1) is 0 Å². The smallest absolute Gasteiger partial charge is 0.225 e. The Morgan fingerprint density at radius 3 is 2.55 bits per heavy atom. The van der Waals surface area contributed by atoms with Crippen LogP contribution in [0.2, 0.25) is 0 Å². The van der Waals surface area contributed by atoms with Crippen molar-refractivity contribution in [2.24, 2.45) is 0 Å². The fraction of sp³-hybridized carbons (Fsp3) is 0.111. The summed E-state index contributed by atoms with van der Waals surface area (Å²) in [5.74, 6) is 0.587. The van der Waals surface area contributed by atoms with E-state index < -0.39 is 0 Å². The van der Waals surface area contributed by atoms with E-state index in [9.17, 15) is 4.79 Å². The molecule has 22 heavy (non-hydrogen) atoms. The SMILES string of the molecule is O=C(CCc1cccs1)Nc1ccc(-c2ccccc2)cn1. The molecule has 4 heteroatoms. The average Bonchev–Trinajstić information content (AvgIpc) is 3.08. The first-order valence-corrected chi connectivity index (χ1v) is 8.03. The third-order valence-electron chi connectivity index (χ3n) is 3.32. The number of benzene rings is 1. The minimum absolute atomic E-state index is 0.00615. The van der Waals surface area contributed by atoms with Crippen LogP contribution in [0, 0.1) is 0 Å². The summed E-state index contributed by atoms with van der Waals surface area (Å²) >= 11 is 1.68. The minimum atomic E-state index is -0.00615. The van der Waals surface area contributed by atoms with Gasteiger partial charge in [-0.1, -0.05) is 36.4 Å². The van der Waals surface area contributed by atoms with Gasteiger partial charge in [-0.15, -0.1) is 11.3 Å². The monoisotopic (exact) mass is 308 g/mol. The quantitative estimate of drug-likeness (QED) is 0.760. The number of pyridine rings is 1. The fourth-order valence-corrected chi connectivity index (χ4v) is 2.88. The van der Waals surface area contributed by atoms with Crippen LogP contribution in [0.1, 0.15) is 11.3 Å². The summed E-state index contributed by atoms with van der Waals surface area (Å²) in [6, 6.07) is 17.9. The first kappa shape index (κ1) is 14.5. The summed E-state index contributed by atoms with van der Waals surface area (Å²) in [5, 5.41) is 4.86. The number of anilines is 1. The Kier molecular flexibility index (Phi) is 4.61. The van der Waals surface area contributed by atoms with Crippen LogP contribution in [-0.2, 0) is 11.2 Å². The first-order chi connectivity index (χ1) is 10.8. The Bertz CT molecular complexity index is 722. The van der Waals surface area contributed by atoms with Gasteiger partial charge in [-0.25, -0.2) is 4.98 Å². The average molecular weight is 308 g/mol. The van der Waals surface area contributed by atoms with E-state index in [0.717, 1.165) is 17.5 Å². The maximum Gasteiger partial charge on any atom is 0.225 e. The van der Waals surface area contributed by atoms with Gasteiger partial charge >= 0.3 is 0 Å². The highest BCUT2D eigenvalue weighted by atomic mass is 32.1. The molecule has 0 saturated heterocycles. The Hall–Kier alpha value is -2.46. The van der Waals surface area contributed by atoms with Gasteiger partial charge in [0.15, 0.2) is 0 Å². The third kappa shape index (κ3) is 3.80. The number of hydrogen-bond donors (Lipinski definition) is 1. The number of rotatable bonds is 5. The molecule has 0 aliphatic carbocycles. The van der Waals surface area contributed by atoms with Crippen LogP contribution in [0.5, 0.6) is 0 Å². The molecular formula is C18H16N2OS. The highest BCUT2D eigenvalue weighted by Gasteiger charge is 2.05. The zero-order valence-electron chi connectivity index (χ0n) is 12.0. The van der Waals surface area contributed by atoms with E-state index >= 15 is 0 Å². The molecule has 0 saturated carbocycles. The number of aryl methyl sites for hydroxylation is 1. The van der Waals surface area contributed by atoms with E-state index in [-0.39, 0.29) is 5.91 Å². The predicted molar refractivity (Wildman–Crippen MR) is 90.9 cm³/mol. The van der Waals surface area contributed by atoms with Crippen LogP contribution in [0.3, 0.4) is 0 Å². The molecule has 0 spiro atoms. The number of nitrogens with zero attached hydrogens (tertiary/aromatic N) is 1.